The summed E-state index contributed by atoms with van der Waals surface area (Å²) >= 11 is 7.16. The molecule has 172 valence electrons. The average molecular weight is 500 g/mol. The number of rotatable bonds is 8. The van der Waals surface area contributed by atoms with Crippen molar-refractivity contribution in [1.29, 1.82) is 5.26 Å². The summed E-state index contributed by atoms with van der Waals surface area (Å²) in [4.78, 5) is 2.26. The predicted molar refractivity (Wildman–Crippen MR) is 134 cm³/mol. The molecule has 0 aliphatic carbocycles. The number of halogens is 1. The number of benzene rings is 2. The first-order valence-electron chi connectivity index (χ1n) is 11.0. The Hall–Kier alpha value is -2.37. The minimum Gasteiger partial charge on any atom is -0.370 e. The molecule has 8 heteroatoms. The second kappa shape index (κ2) is 10.7. The van der Waals surface area contributed by atoms with Crippen molar-refractivity contribution in [3.63, 3.8) is 0 Å². The lowest BCUT2D eigenvalue weighted by atomic mass is 10.1. The maximum atomic E-state index is 13.8. The zero-order valence-electron chi connectivity index (χ0n) is 18.2. The van der Waals surface area contributed by atoms with Crippen LogP contribution in [0.4, 0.5) is 5.69 Å². The summed E-state index contributed by atoms with van der Waals surface area (Å²) in [6.07, 6.45) is 2.42. The Labute approximate surface area is 204 Å². The Balaban J connectivity index is 1.79. The van der Waals surface area contributed by atoms with Gasteiger partial charge in [0.2, 0.25) is 0 Å². The van der Waals surface area contributed by atoms with Crippen LogP contribution in [0.2, 0.25) is 0 Å². The molecule has 0 saturated carbocycles. The fourth-order valence-electron chi connectivity index (χ4n) is 4.30. The SMILES string of the molecule is N#Cc1ccc2c(c1)CN(S(=O)(=O)c1cccs1)C(Cc1ccccc1)CN2CCCCCl. The summed E-state index contributed by atoms with van der Waals surface area (Å²) in [7, 11) is -3.70. The molecule has 1 atom stereocenters. The second-order valence-electron chi connectivity index (χ2n) is 8.12. The third-order valence-electron chi connectivity index (χ3n) is 5.90. The van der Waals surface area contributed by atoms with Gasteiger partial charge in [0.1, 0.15) is 4.21 Å². The van der Waals surface area contributed by atoms with Crippen molar-refractivity contribution in [2.75, 3.05) is 23.9 Å². The Morgan fingerprint density at radius 3 is 2.61 bits per heavy atom. The van der Waals surface area contributed by atoms with Crippen molar-refractivity contribution < 1.29 is 8.42 Å². The van der Waals surface area contributed by atoms with E-state index in [4.69, 9.17) is 11.6 Å². The van der Waals surface area contributed by atoms with E-state index < -0.39 is 10.0 Å². The lowest BCUT2D eigenvalue weighted by Gasteiger charge is -2.32. The van der Waals surface area contributed by atoms with Crippen molar-refractivity contribution >= 4 is 38.6 Å². The van der Waals surface area contributed by atoms with E-state index in [9.17, 15) is 13.7 Å². The number of alkyl halides is 1. The van der Waals surface area contributed by atoms with Crippen LogP contribution in [0.25, 0.3) is 0 Å². The largest absolute Gasteiger partial charge is 0.370 e. The Morgan fingerprint density at radius 1 is 1.09 bits per heavy atom. The fraction of sp³-hybridized carbons (Fsp3) is 0.320. The number of nitrogens with zero attached hydrogens (tertiary/aromatic N) is 3. The topological polar surface area (TPSA) is 64.4 Å². The molecule has 2 aromatic carbocycles. The smallest absolute Gasteiger partial charge is 0.253 e. The van der Waals surface area contributed by atoms with E-state index in [0.29, 0.717) is 28.6 Å². The van der Waals surface area contributed by atoms with Crippen LogP contribution in [-0.4, -0.2) is 37.7 Å². The van der Waals surface area contributed by atoms with Gasteiger partial charge in [0.05, 0.1) is 11.6 Å². The van der Waals surface area contributed by atoms with Crippen LogP contribution in [0.5, 0.6) is 0 Å². The van der Waals surface area contributed by atoms with Gasteiger partial charge in [0.15, 0.2) is 0 Å². The van der Waals surface area contributed by atoms with Gasteiger partial charge < -0.3 is 4.90 Å². The molecule has 0 saturated heterocycles. The molecule has 0 N–H and O–H groups in total. The summed E-state index contributed by atoms with van der Waals surface area (Å²) < 4.78 is 29.5. The quantitative estimate of drug-likeness (QED) is 0.313. The molecule has 33 heavy (non-hydrogen) atoms. The molecule has 0 bridgehead atoms. The number of nitriles is 1. The zero-order chi connectivity index (χ0) is 23.3. The van der Waals surface area contributed by atoms with Crippen molar-refractivity contribution in [1.82, 2.24) is 4.31 Å². The van der Waals surface area contributed by atoms with E-state index in [0.717, 1.165) is 36.2 Å². The molecule has 1 aromatic heterocycles. The number of unbranched alkanes of at least 4 members (excludes halogenated alkanes) is 1. The van der Waals surface area contributed by atoms with E-state index in [-0.39, 0.29) is 12.6 Å². The molecule has 2 heterocycles. The molecule has 3 aromatic rings. The third-order valence-corrected chi connectivity index (χ3v) is 9.44. The summed E-state index contributed by atoms with van der Waals surface area (Å²) in [5.74, 6) is 0.598. The summed E-state index contributed by atoms with van der Waals surface area (Å²) in [5.41, 5.74) is 3.48. The molecular weight excluding hydrogens is 474 g/mol. The molecule has 1 unspecified atom stereocenters. The van der Waals surface area contributed by atoms with Crippen molar-refractivity contribution in [2.45, 2.75) is 36.1 Å². The fourth-order valence-corrected chi connectivity index (χ4v) is 7.20. The van der Waals surface area contributed by atoms with E-state index in [1.54, 1.807) is 21.8 Å². The van der Waals surface area contributed by atoms with E-state index in [2.05, 4.69) is 11.0 Å². The van der Waals surface area contributed by atoms with Crippen LogP contribution >= 0.6 is 22.9 Å². The van der Waals surface area contributed by atoms with Crippen molar-refractivity contribution in [3.8, 4) is 6.07 Å². The maximum absolute atomic E-state index is 13.8. The monoisotopic (exact) mass is 499 g/mol. The summed E-state index contributed by atoms with van der Waals surface area (Å²) in [6.45, 7) is 1.58. The molecule has 0 fully saturated rings. The molecule has 1 aliphatic heterocycles. The number of fused-ring (bicyclic) bond motifs is 1. The highest BCUT2D eigenvalue weighted by Gasteiger charge is 2.37. The Morgan fingerprint density at radius 2 is 1.91 bits per heavy atom. The first-order valence-corrected chi connectivity index (χ1v) is 13.8. The highest BCUT2D eigenvalue weighted by Crippen LogP contribution is 2.34. The Kier molecular flexibility index (Phi) is 7.71. The number of thiophene rings is 1. The first-order chi connectivity index (χ1) is 16.0. The lowest BCUT2D eigenvalue weighted by molar-refractivity contribution is 0.319. The highest BCUT2D eigenvalue weighted by atomic mass is 35.5. The van der Waals surface area contributed by atoms with Gasteiger partial charge in [-0.2, -0.15) is 9.57 Å². The molecule has 1 aliphatic rings. The molecular formula is C25H26ClN3O2S2. The van der Waals surface area contributed by atoms with Crippen LogP contribution in [-0.2, 0) is 23.0 Å². The van der Waals surface area contributed by atoms with Crippen molar-refractivity contribution in [2.24, 2.45) is 0 Å². The second-order valence-corrected chi connectivity index (χ2v) is 11.6. The number of sulfonamides is 1. The van der Waals surface area contributed by atoms with E-state index in [1.807, 2.05) is 48.5 Å². The minimum absolute atomic E-state index is 0.231. The predicted octanol–water partition coefficient (Wildman–Crippen LogP) is 5.26. The van der Waals surface area contributed by atoms with Gasteiger partial charge in [-0.15, -0.1) is 22.9 Å². The van der Waals surface area contributed by atoms with E-state index >= 15 is 0 Å². The molecule has 0 spiro atoms. The van der Waals surface area contributed by atoms with Gasteiger partial charge in [-0.25, -0.2) is 8.42 Å². The summed E-state index contributed by atoms with van der Waals surface area (Å²) in [5, 5.41) is 11.3. The molecule has 4 rings (SSSR count). The number of hydrogen-bond donors (Lipinski definition) is 0. The minimum atomic E-state index is -3.70. The van der Waals surface area contributed by atoms with Crippen LogP contribution in [0.15, 0.2) is 70.3 Å². The van der Waals surface area contributed by atoms with Gasteiger partial charge >= 0.3 is 0 Å². The molecule has 0 amide bonds. The zero-order valence-corrected chi connectivity index (χ0v) is 20.6. The normalized spacial score (nSPS) is 16.7. The molecule has 0 radical (unpaired) electrons. The van der Waals surface area contributed by atoms with Gasteiger partial charge in [-0.1, -0.05) is 36.4 Å². The average Bonchev–Trinajstić information content (AvgIpc) is 3.33. The van der Waals surface area contributed by atoms with Crippen LogP contribution in [0.3, 0.4) is 0 Å². The Bertz CT molecular complexity index is 1210. The van der Waals surface area contributed by atoms with Gasteiger partial charge in [0.25, 0.3) is 10.0 Å². The van der Waals surface area contributed by atoms with Gasteiger partial charge in [0, 0.05) is 37.2 Å². The molecule has 5 nitrogen and oxygen atoms in total. The number of anilines is 1. The lowest BCUT2D eigenvalue weighted by Crippen LogP contribution is -2.45. The maximum Gasteiger partial charge on any atom is 0.253 e. The van der Waals surface area contributed by atoms with Crippen LogP contribution in [0, 0.1) is 11.3 Å². The van der Waals surface area contributed by atoms with Gasteiger partial charge in [-0.3, -0.25) is 0 Å². The third kappa shape index (κ3) is 5.42. The summed E-state index contributed by atoms with van der Waals surface area (Å²) in [6, 6.07) is 21.0. The standard InChI is InChI=1S/C25H26ClN3O2S2/c26-12-4-5-13-28-19-23(16-20-7-2-1-3-8-20)29(33(30,31)25-9-6-14-32-25)18-22-15-21(17-27)10-11-24(22)28/h1-3,6-11,14-15,23H,4-5,12-13,16,18-19H2. The van der Waals surface area contributed by atoms with Gasteiger partial charge in [-0.05, 0) is 60.0 Å². The number of hydrogen-bond acceptors (Lipinski definition) is 5. The first kappa shape index (κ1) is 23.8. The van der Waals surface area contributed by atoms with E-state index in [1.165, 1.54) is 11.3 Å². The van der Waals surface area contributed by atoms with Crippen molar-refractivity contribution in [3.05, 3.63) is 82.7 Å². The van der Waals surface area contributed by atoms with Crippen LogP contribution < -0.4 is 4.90 Å². The highest BCUT2D eigenvalue weighted by molar-refractivity contribution is 7.91. The van der Waals surface area contributed by atoms with Crippen LogP contribution in [0.1, 0.15) is 29.5 Å².